The first-order valence-corrected chi connectivity index (χ1v) is 7.69. The molecule has 0 bridgehead atoms. The van der Waals surface area contributed by atoms with Gasteiger partial charge in [-0.15, -0.1) is 0 Å². The molecule has 0 aromatic heterocycles. The third-order valence-corrected chi connectivity index (χ3v) is 5.02. The number of hydrogen-bond acceptors (Lipinski definition) is 1. The summed E-state index contributed by atoms with van der Waals surface area (Å²) in [4.78, 5) is 12.9. The Morgan fingerprint density at radius 2 is 1.70 bits per heavy atom. The van der Waals surface area contributed by atoms with E-state index in [2.05, 4.69) is 32.0 Å². The van der Waals surface area contributed by atoms with Crippen LogP contribution in [0, 0.1) is 17.8 Å². The molecule has 2 aromatic carbocycles. The predicted octanol–water partition coefficient (Wildman–Crippen LogP) is 5.09. The third-order valence-electron chi connectivity index (χ3n) is 5.02. The van der Waals surface area contributed by atoms with Gasteiger partial charge in [-0.1, -0.05) is 56.3 Å². The molecule has 0 amide bonds. The zero-order chi connectivity index (χ0) is 14.1. The Bertz CT molecular complexity index is 623. The average Bonchev–Trinajstić information content (AvgIpc) is 2.49. The quantitative estimate of drug-likeness (QED) is 0.691. The Morgan fingerprint density at radius 1 is 0.950 bits per heavy atom. The maximum atomic E-state index is 12.9. The molecule has 20 heavy (non-hydrogen) atoms. The first-order chi connectivity index (χ1) is 9.66. The van der Waals surface area contributed by atoms with Crippen LogP contribution in [-0.4, -0.2) is 5.78 Å². The minimum absolute atomic E-state index is 0.215. The molecule has 1 fully saturated rings. The van der Waals surface area contributed by atoms with E-state index >= 15 is 0 Å². The van der Waals surface area contributed by atoms with Crippen LogP contribution in [0.5, 0.6) is 0 Å². The highest BCUT2D eigenvalue weighted by molar-refractivity contribution is 6.09. The van der Waals surface area contributed by atoms with Gasteiger partial charge < -0.3 is 0 Å². The van der Waals surface area contributed by atoms with Crippen molar-refractivity contribution in [3.05, 3.63) is 48.0 Å². The molecule has 2 aromatic rings. The second-order valence-electron chi connectivity index (χ2n) is 6.36. The van der Waals surface area contributed by atoms with E-state index in [0.29, 0.717) is 11.7 Å². The minimum atomic E-state index is 0.215. The Balaban J connectivity index is 1.93. The van der Waals surface area contributed by atoms with Crippen molar-refractivity contribution in [2.24, 2.45) is 17.8 Å². The fourth-order valence-electron chi connectivity index (χ4n) is 3.45. The molecular formula is C19H22O. The Kier molecular flexibility index (Phi) is 3.60. The van der Waals surface area contributed by atoms with Gasteiger partial charge in [0.1, 0.15) is 0 Å². The number of hydrogen-bond donors (Lipinski definition) is 0. The van der Waals surface area contributed by atoms with Crippen LogP contribution in [0.15, 0.2) is 42.5 Å². The van der Waals surface area contributed by atoms with Crippen molar-refractivity contribution >= 4 is 16.6 Å². The predicted molar refractivity (Wildman–Crippen MR) is 83.9 cm³/mol. The average molecular weight is 266 g/mol. The van der Waals surface area contributed by atoms with Crippen molar-refractivity contribution in [3.8, 4) is 0 Å². The molecule has 1 saturated carbocycles. The second kappa shape index (κ2) is 5.40. The van der Waals surface area contributed by atoms with Crippen LogP contribution in [0.3, 0.4) is 0 Å². The summed E-state index contributed by atoms with van der Waals surface area (Å²) in [7, 11) is 0. The number of Topliss-reactive ketones (excluding diaryl/α,β-unsaturated/α-hetero) is 1. The highest BCUT2D eigenvalue weighted by Gasteiger charge is 2.30. The summed E-state index contributed by atoms with van der Waals surface area (Å²) in [5.74, 6) is 1.98. The van der Waals surface area contributed by atoms with E-state index in [-0.39, 0.29) is 5.92 Å². The van der Waals surface area contributed by atoms with Crippen molar-refractivity contribution in [1.82, 2.24) is 0 Å². The largest absolute Gasteiger partial charge is 0.294 e. The van der Waals surface area contributed by atoms with Gasteiger partial charge in [0.15, 0.2) is 5.78 Å². The third kappa shape index (κ3) is 2.37. The second-order valence-corrected chi connectivity index (χ2v) is 6.36. The molecule has 1 aliphatic rings. The van der Waals surface area contributed by atoms with Crippen molar-refractivity contribution in [2.45, 2.75) is 33.1 Å². The highest BCUT2D eigenvalue weighted by Crippen LogP contribution is 2.36. The standard InChI is InChI=1S/C19H22O/c1-13-10-11-16(12-14(13)2)19(20)18-9-5-7-15-6-3-4-8-17(15)18/h3-9,13-14,16H,10-12H2,1-2H3. The first kappa shape index (κ1) is 13.4. The summed E-state index contributed by atoms with van der Waals surface area (Å²) in [5, 5.41) is 2.27. The lowest BCUT2D eigenvalue weighted by Crippen LogP contribution is -2.26. The molecule has 0 heterocycles. The number of fused-ring (bicyclic) bond motifs is 1. The molecule has 3 unspecified atom stereocenters. The van der Waals surface area contributed by atoms with Gasteiger partial charge in [-0.25, -0.2) is 0 Å². The van der Waals surface area contributed by atoms with Crippen molar-refractivity contribution in [2.75, 3.05) is 0 Å². The number of carbonyl (C=O) groups is 1. The van der Waals surface area contributed by atoms with Gasteiger partial charge in [0.25, 0.3) is 0 Å². The van der Waals surface area contributed by atoms with Crippen molar-refractivity contribution < 1.29 is 4.79 Å². The van der Waals surface area contributed by atoms with Gasteiger partial charge >= 0.3 is 0 Å². The van der Waals surface area contributed by atoms with E-state index in [1.807, 2.05) is 24.3 Å². The normalized spacial score (nSPS) is 26.6. The maximum absolute atomic E-state index is 12.9. The molecule has 1 heteroatoms. The molecule has 104 valence electrons. The Morgan fingerprint density at radius 3 is 2.50 bits per heavy atom. The van der Waals surface area contributed by atoms with Crippen molar-refractivity contribution in [1.29, 1.82) is 0 Å². The monoisotopic (exact) mass is 266 g/mol. The Hall–Kier alpha value is -1.63. The number of benzene rings is 2. The van der Waals surface area contributed by atoms with Crippen LogP contribution in [0.25, 0.3) is 10.8 Å². The summed E-state index contributed by atoms with van der Waals surface area (Å²) in [6.45, 7) is 4.59. The zero-order valence-electron chi connectivity index (χ0n) is 12.3. The zero-order valence-corrected chi connectivity index (χ0v) is 12.3. The van der Waals surface area contributed by atoms with Gasteiger partial charge in [0.05, 0.1) is 0 Å². The highest BCUT2D eigenvalue weighted by atomic mass is 16.1. The summed E-state index contributed by atoms with van der Waals surface area (Å²) in [6, 6.07) is 14.3. The molecule has 1 aliphatic carbocycles. The lowest BCUT2D eigenvalue weighted by atomic mass is 9.73. The Labute approximate surface area is 121 Å². The molecule has 3 atom stereocenters. The van der Waals surface area contributed by atoms with Crippen LogP contribution in [-0.2, 0) is 0 Å². The van der Waals surface area contributed by atoms with Gasteiger partial charge in [-0.2, -0.15) is 0 Å². The molecule has 3 rings (SSSR count). The summed E-state index contributed by atoms with van der Waals surface area (Å²) < 4.78 is 0. The van der Waals surface area contributed by atoms with Crippen LogP contribution >= 0.6 is 0 Å². The molecule has 1 nitrogen and oxygen atoms in total. The van der Waals surface area contributed by atoms with E-state index in [9.17, 15) is 4.79 Å². The fourth-order valence-corrected chi connectivity index (χ4v) is 3.45. The molecule has 0 aliphatic heterocycles. The van der Waals surface area contributed by atoms with E-state index in [4.69, 9.17) is 0 Å². The number of rotatable bonds is 2. The maximum Gasteiger partial charge on any atom is 0.166 e. The van der Waals surface area contributed by atoms with Gasteiger partial charge in [-0.3, -0.25) is 4.79 Å². The van der Waals surface area contributed by atoms with Gasteiger partial charge in [0, 0.05) is 11.5 Å². The van der Waals surface area contributed by atoms with Gasteiger partial charge in [-0.05, 0) is 41.9 Å². The van der Waals surface area contributed by atoms with Crippen LogP contribution in [0.2, 0.25) is 0 Å². The van der Waals surface area contributed by atoms with Crippen molar-refractivity contribution in [3.63, 3.8) is 0 Å². The lowest BCUT2D eigenvalue weighted by molar-refractivity contribution is 0.0839. The number of ketones is 1. The number of carbonyl (C=O) groups excluding carboxylic acids is 1. The fraction of sp³-hybridized carbons (Fsp3) is 0.421. The molecular weight excluding hydrogens is 244 g/mol. The molecule has 0 saturated heterocycles. The van der Waals surface area contributed by atoms with E-state index in [1.165, 1.54) is 6.42 Å². The summed E-state index contributed by atoms with van der Waals surface area (Å²) in [6.07, 6.45) is 3.28. The molecule has 0 N–H and O–H groups in total. The van der Waals surface area contributed by atoms with Crippen LogP contribution in [0.4, 0.5) is 0 Å². The van der Waals surface area contributed by atoms with Gasteiger partial charge in [0.2, 0.25) is 0 Å². The van der Waals surface area contributed by atoms with E-state index in [1.54, 1.807) is 0 Å². The summed E-state index contributed by atoms with van der Waals surface area (Å²) in [5.41, 5.74) is 0.912. The molecule has 0 spiro atoms. The minimum Gasteiger partial charge on any atom is -0.294 e. The smallest absolute Gasteiger partial charge is 0.166 e. The first-order valence-electron chi connectivity index (χ1n) is 7.69. The topological polar surface area (TPSA) is 17.1 Å². The van der Waals surface area contributed by atoms with E-state index in [0.717, 1.165) is 35.1 Å². The lowest BCUT2D eigenvalue weighted by Gasteiger charge is -2.31. The SMILES string of the molecule is CC1CCC(C(=O)c2cccc3ccccc23)CC1C. The van der Waals surface area contributed by atoms with Crippen LogP contribution in [0.1, 0.15) is 43.5 Å². The van der Waals surface area contributed by atoms with E-state index < -0.39 is 0 Å². The molecule has 0 radical (unpaired) electrons. The summed E-state index contributed by atoms with van der Waals surface area (Å²) >= 11 is 0. The van der Waals surface area contributed by atoms with Crippen LogP contribution < -0.4 is 0 Å².